The van der Waals surface area contributed by atoms with Crippen molar-refractivity contribution < 1.29 is 9.59 Å². The maximum atomic E-state index is 11.5. The van der Waals surface area contributed by atoms with Crippen LogP contribution in [0.3, 0.4) is 0 Å². The van der Waals surface area contributed by atoms with Crippen LogP contribution in [0.25, 0.3) is 0 Å². The molecule has 0 aliphatic rings. The second kappa shape index (κ2) is 6.64. The number of anilines is 1. The average molecular weight is 249 g/mol. The Bertz CT molecular complexity index is 430. The lowest BCUT2D eigenvalue weighted by atomic mass is 10.2. The van der Waals surface area contributed by atoms with Crippen molar-refractivity contribution in [3.8, 4) is 0 Å². The summed E-state index contributed by atoms with van der Waals surface area (Å²) in [6.07, 6.45) is 0. The number of urea groups is 1. The Hall–Kier alpha value is -2.04. The van der Waals surface area contributed by atoms with Crippen molar-refractivity contribution in [2.24, 2.45) is 0 Å². The van der Waals surface area contributed by atoms with Gasteiger partial charge in [-0.25, -0.2) is 4.79 Å². The molecule has 0 fully saturated rings. The van der Waals surface area contributed by atoms with Crippen LogP contribution in [0.4, 0.5) is 10.5 Å². The number of aryl methyl sites for hydroxylation is 1. The molecule has 5 heteroatoms. The van der Waals surface area contributed by atoms with Gasteiger partial charge in [0.2, 0.25) is 5.91 Å². The van der Waals surface area contributed by atoms with Crippen molar-refractivity contribution in [2.75, 3.05) is 11.9 Å². The molecular formula is C13H19N3O2. The minimum atomic E-state index is -0.471. The zero-order chi connectivity index (χ0) is 13.5. The summed E-state index contributed by atoms with van der Waals surface area (Å²) in [5, 5.41) is 7.78. The van der Waals surface area contributed by atoms with Crippen LogP contribution in [0.15, 0.2) is 24.3 Å². The number of hydrogen-bond donors (Lipinski definition) is 3. The number of benzene rings is 1. The highest BCUT2D eigenvalue weighted by Crippen LogP contribution is 2.08. The minimum absolute atomic E-state index is 0.00234. The van der Waals surface area contributed by atoms with E-state index < -0.39 is 6.03 Å². The predicted octanol–water partition coefficient (Wildman–Crippen LogP) is 1.64. The Morgan fingerprint density at radius 1 is 1.28 bits per heavy atom. The zero-order valence-electron chi connectivity index (χ0n) is 10.9. The average Bonchev–Trinajstić information content (AvgIpc) is 2.25. The molecule has 5 nitrogen and oxygen atoms in total. The molecule has 18 heavy (non-hydrogen) atoms. The molecule has 0 radical (unpaired) electrons. The molecule has 0 aromatic heterocycles. The third kappa shape index (κ3) is 5.34. The fraction of sp³-hybridized carbons (Fsp3) is 0.385. The van der Waals surface area contributed by atoms with E-state index in [1.807, 2.05) is 45.0 Å². The Kier molecular flexibility index (Phi) is 5.17. The van der Waals surface area contributed by atoms with E-state index in [1.54, 1.807) is 0 Å². The van der Waals surface area contributed by atoms with Gasteiger partial charge in [-0.1, -0.05) is 12.1 Å². The maximum absolute atomic E-state index is 11.5. The molecule has 1 aromatic rings. The third-order valence-electron chi connectivity index (χ3n) is 2.14. The fourth-order valence-electron chi connectivity index (χ4n) is 1.41. The third-order valence-corrected chi connectivity index (χ3v) is 2.14. The predicted molar refractivity (Wildman–Crippen MR) is 71.5 cm³/mol. The molecule has 0 aliphatic carbocycles. The Morgan fingerprint density at radius 3 is 2.61 bits per heavy atom. The van der Waals surface area contributed by atoms with Gasteiger partial charge < -0.3 is 10.6 Å². The number of rotatable bonds is 4. The van der Waals surface area contributed by atoms with Crippen molar-refractivity contribution in [1.29, 1.82) is 0 Å². The first-order valence-corrected chi connectivity index (χ1v) is 5.88. The second-order valence-electron chi connectivity index (χ2n) is 4.40. The van der Waals surface area contributed by atoms with E-state index in [0.29, 0.717) is 0 Å². The highest BCUT2D eigenvalue weighted by molar-refractivity contribution is 5.96. The molecule has 0 unspecified atom stereocenters. The Balaban J connectivity index is 2.35. The molecule has 0 saturated carbocycles. The summed E-state index contributed by atoms with van der Waals surface area (Å²) in [7, 11) is 0. The topological polar surface area (TPSA) is 70.2 Å². The molecule has 0 bridgehead atoms. The van der Waals surface area contributed by atoms with E-state index >= 15 is 0 Å². The van der Waals surface area contributed by atoms with Gasteiger partial charge in [0.25, 0.3) is 0 Å². The van der Waals surface area contributed by atoms with Gasteiger partial charge in [-0.2, -0.15) is 0 Å². The van der Waals surface area contributed by atoms with Gasteiger partial charge in [0.1, 0.15) is 0 Å². The van der Waals surface area contributed by atoms with Gasteiger partial charge in [-0.3, -0.25) is 10.1 Å². The van der Waals surface area contributed by atoms with Crippen LogP contribution in [-0.4, -0.2) is 24.5 Å². The monoisotopic (exact) mass is 249 g/mol. The summed E-state index contributed by atoms with van der Waals surface area (Å²) in [4.78, 5) is 22.7. The molecule has 0 spiro atoms. The smallest absolute Gasteiger partial charge is 0.321 e. The van der Waals surface area contributed by atoms with E-state index in [4.69, 9.17) is 0 Å². The quantitative estimate of drug-likeness (QED) is 0.759. The van der Waals surface area contributed by atoms with Crippen LogP contribution in [0, 0.1) is 6.92 Å². The highest BCUT2D eigenvalue weighted by atomic mass is 16.2. The zero-order valence-corrected chi connectivity index (χ0v) is 10.9. The molecule has 1 aromatic carbocycles. The largest absolute Gasteiger partial charge is 0.376 e. The first-order chi connectivity index (χ1) is 8.47. The molecule has 0 aliphatic heterocycles. The Labute approximate surface area is 107 Å². The van der Waals surface area contributed by atoms with Gasteiger partial charge in [0.15, 0.2) is 0 Å². The number of hydrogen-bond acceptors (Lipinski definition) is 3. The molecule has 1 rings (SSSR count). The molecule has 0 heterocycles. The molecule has 3 amide bonds. The first-order valence-electron chi connectivity index (χ1n) is 5.88. The lowest BCUT2D eigenvalue weighted by Gasteiger charge is -2.10. The second-order valence-corrected chi connectivity index (χ2v) is 4.40. The van der Waals surface area contributed by atoms with Crippen LogP contribution in [-0.2, 0) is 4.79 Å². The highest BCUT2D eigenvalue weighted by Gasteiger charge is 2.07. The van der Waals surface area contributed by atoms with E-state index in [0.717, 1.165) is 11.3 Å². The molecule has 0 saturated heterocycles. The molecular weight excluding hydrogens is 230 g/mol. The summed E-state index contributed by atoms with van der Waals surface area (Å²) in [6, 6.07) is 7.21. The summed E-state index contributed by atoms with van der Waals surface area (Å²) < 4.78 is 0. The van der Waals surface area contributed by atoms with Gasteiger partial charge in [-0.05, 0) is 38.5 Å². The van der Waals surface area contributed by atoms with Crippen LogP contribution in [0.5, 0.6) is 0 Å². The van der Waals surface area contributed by atoms with Crippen molar-refractivity contribution in [3.63, 3.8) is 0 Å². The van der Waals surface area contributed by atoms with Gasteiger partial charge in [-0.15, -0.1) is 0 Å². The van der Waals surface area contributed by atoms with Crippen LogP contribution in [0.2, 0.25) is 0 Å². The van der Waals surface area contributed by atoms with Gasteiger partial charge in [0.05, 0.1) is 6.54 Å². The van der Waals surface area contributed by atoms with E-state index in [-0.39, 0.29) is 18.5 Å². The van der Waals surface area contributed by atoms with E-state index in [1.165, 1.54) is 0 Å². The molecule has 98 valence electrons. The SMILES string of the molecule is Cc1cccc(NCC(=O)NC(=O)NC(C)C)c1. The van der Waals surface area contributed by atoms with Crippen molar-refractivity contribution >= 4 is 17.6 Å². The lowest BCUT2D eigenvalue weighted by molar-refractivity contribution is -0.118. The van der Waals surface area contributed by atoms with Crippen molar-refractivity contribution in [2.45, 2.75) is 26.8 Å². The summed E-state index contributed by atoms with van der Waals surface area (Å²) in [5.41, 5.74) is 1.97. The summed E-state index contributed by atoms with van der Waals surface area (Å²) >= 11 is 0. The summed E-state index contributed by atoms with van der Waals surface area (Å²) in [5.74, 6) is -0.366. The standard InChI is InChI=1S/C13H19N3O2/c1-9(2)15-13(18)16-12(17)8-14-11-6-4-5-10(3)7-11/h4-7,9,14H,8H2,1-3H3,(H2,15,16,17,18). The lowest BCUT2D eigenvalue weighted by Crippen LogP contribution is -2.44. The van der Waals surface area contributed by atoms with Crippen molar-refractivity contribution in [1.82, 2.24) is 10.6 Å². The maximum Gasteiger partial charge on any atom is 0.321 e. The fourth-order valence-corrected chi connectivity index (χ4v) is 1.41. The first kappa shape index (κ1) is 14.0. The molecule has 3 N–H and O–H groups in total. The normalized spacial score (nSPS) is 10.0. The van der Waals surface area contributed by atoms with Gasteiger partial charge in [0, 0.05) is 11.7 Å². The van der Waals surface area contributed by atoms with Crippen LogP contribution in [0.1, 0.15) is 19.4 Å². The number of nitrogens with one attached hydrogen (secondary N) is 3. The number of imide groups is 1. The minimum Gasteiger partial charge on any atom is -0.376 e. The van der Waals surface area contributed by atoms with E-state index in [9.17, 15) is 9.59 Å². The Morgan fingerprint density at radius 2 is 2.00 bits per heavy atom. The van der Waals surface area contributed by atoms with Crippen LogP contribution >= 0.6 is 0 Å². The number of carbonyl (C=O) groups excluding carboxylic acids is 2. The number of carbonyl (C=O) groups is 2. The van der Waals surface area contributed by atoms with Crippen LogP contribution < -0.4 is 16.0 Å². The molecule has 0 atom stereocenters. The summed E-state index contributed by atoms with van der Waals surface area (Å²) in [6.45, 7) is 5.69. The van der Waals surface area contributed by atoms with Gasteiger partial charge >= 0.3 is 6.03 Å². The van der Waals surface area contributed by atoms with E-state index in [2.05, 4.69) is 16.0 Å². The van der Waals surface area contributed by atoms with Crippen molar-refractivity contribution in [3.05, 3.63) is 29.8 Å². The number of amides is 3.